The lowest BCUT2D eigenvalue weighted by Gasteiger charge is -2.12. The molecule has 0 aromatic carbocycles. The second-order valence-electron chi connectivity index (χ2n) is 3.36. The molecule has 2 atom stereocenters. The first-order chi connectivity index (χ1) is 6.60. The number of hydrogen-bond acceptors (Lipinski definition) is 4. The molecular formula is C8H13NO5. The number of aliphatic carboxylic acids is 1. The minimum absolute atomic E-state index is 0.338. The Balaban J connectivity index is 2.34. The number of hydrogen-bond donors (Lipinski definition) is 4. The van der Waals surface area contributed by atoms with Gasteiger partial charge in [-0.3, -0.25) is 9.59 Å². The SMILES string of the molecule is O=C(O)C1CC1C(=O)NC(CO)CO. The highest BCUT2D eigenvalue weighted by Crippen LogP contribution is 2.38. The molecule has 1 rings (SSSR count). The summed E-state index contributed by atoms with van der Waals surface area (Å²) in [6.07, 6.45) is 0.338. The third-order valence-corrected chi connectivity index (χ3v) is 2.23. The number of carbonyl (C=O) groups excluding carboxylic acids is 1. The van der Waals surface area contributed by atoms with Crippen LogP contribution in [0.3, 0.4) is 0 Å². The van der Waals surface area contributed by atoms with Gasteiger partial charge in [-0.2, -0.15) is 0 Å². The minimum atomic E-state index is -0.977. The van der Waals surface area contributed by atoms with Gasteiger partial charge in [-0.05, 0) is 6.42 Å². The number of carboxylic acid groups (broad SMARTS) is 1. The molecule has 0 aromatic rings. The van der Waals surface area contributed by atoms with Gasteiger partial charge >= 0.3 is 5.97 Å². The molecule has 0 bridgehead atoms. The molecule has 1 aliphatic carbocycles. The Morgan fingerprint density at radius 1 is 1.29 bits per heavy atom. The average molecular weight is 203 g/mol. The topological polar surface area (TPSA) is 107 Å². The Morgan fingerprint density at radius 2 is 1.86 bits per heavy atom. The zero-order valence-corrected chi connectivity index (χ0v) is 7.51. The van der Waals surface area contributed by atoms with Gasteiger partial charge in [0.25, 0.3) is 0 Å². The second-order valence-corrected chi connectivity index (χ2v) is 3.36. The van der Waals surface area contributed by atoms with E-state index < -0.39 is 29.8 Å². The zero-order chi connectivity index (χ0) is 10.7. The van der Waals surface area contributed by atoms with Crippen molar-refractivity contribution in [3.8, 4) is 0 Å². The van der Waals surface area contributed by atoms with Gasteiger partial charge in [0.2, 0.25) is 5.91 Å². The van der Waals surface area contributed by atoms with Crippen molar-refractivity contribution in [2.45, 2.75) is 12.5 Å². The first-order valence-electron chi connectivity index (χ1n) is 4.35. The Bertz CT molecular complexity index is 238. The highest BCUT2D eigenvalue weighted by Gasteiger charge is 2.48. The molecule has 1 aliphatic rings. The molecule has 4 N–H and O–H groups in total. The van der Waals surface area contributed by atoms with E-state index in [1.807, 2.05) is 0 Å². The maximum Gasteiger partial charge on any atom is 0.307 e. The fourth-order valence-electron chi connectivity index (χ4n) is 1.21. The maximum atomic E-state index is 11.3. The van der Waals surface area contributed by atoms with Crippen LogP contribution in [-0.4, -0.2) is 46.5 Å². The van der Waals surface area contributed by atoms with E-state index in [4.69, 9.17) is 15.3 Å². The third-order valence-electron chi connectivity index (χ3n) is 2.23. The molecule has 6 heteroatoms. The van der Waals surface area contributed by atoms with Crippen LogP contribution in [0.2, 0.25) is 0 Å². The van der Waals surface area contributed by atoms with Crippen molar-refractivity contribution in [1.29, 1.82) is 0 Å². The second kappa shape index (κ2) is 4.39. The molecule has 0 spiro atoms. The number of rotatable bonds is 5. The first-order valence-corrected chi connectivity index (χ1v) is 4.35. The highest BCUT2D eigenvalue weighted by molar-refractivity contribution is 5.89. The van der Waals surface area contributed by atoms with Crippen LogP contribution in [0.15, 0.2) is 0 Å². The predicted molar refractivity (Wildman–Crippen MR) is 45.3 cm³/mol. The van der Waals surface area contributed by atoms with Crippen LogP contribution >= 0.6 is 0 Å². The Labute approximate surface area is 80.5 Å². The molecule has 0 aromatic heterocycles. The van der Waals surface area contributed by atoms with Gasteiger partial charge in [0.15, 0.2) is 0 Å². The van der Waals surface area contributed by atoms with E-state index in [1.165, 1.54) is 0 Å². The quantitative estimate of drug-likeness (QED) is 0.420. The van der Waals surface area contributed by atoms with Crippen LogP contribution in [0.5, 0.6) is 0 Å². The molecular weight excluding hydrogens is 190 g/mol. The van der Waals surface area contributed by atoms with Crippen LogP contribution in [0.25, 0.3) is 0 Å². The van der Waals surface area contributed by atoms with Crippen molar-refractivity contribution in [1.82, 2.24) is 5.32 Å². The van der Waals surface area contributed by atoms with Crippen molar-refractivity contribution >= 4 is 11.9 Å². The van der Waals surface area contributed by atoms with Gasteiger partial charge in [0.05, 0.1) is 31.1 Å². The lowest BCUT2D eigenvalue weighted by atomic mass is 10.2. The van der Waals surface area contributed by atoms with Crippen molar-refractivity contribution in [3.05, 3.63) is 0 Å². The highest BCUT2D eigenvalue weighted by atomic mass is 16.4. The van der Waals surface area contributed by atoms with E-state index in [0.717, 1.165) is 0 Å². The fourth-order valence-corrected chi connectivity index (χ4v) is 1.21. The minimum Gasteiger partial charge on any atom is -0.481 e. The molecule has 0 heterocycles. The van der Waals surface area contributed by atoms with E-state index in [1.54, 1.807) is 0 Å². The molecule has 1 saturated carbocycles. The maximum absolute atomic E-state index is 11.3. The van der Waals surface area contributed by atoms with Gasteiger partial charge in [-0.15, -0.1) is 0 Å². The Hall–Kier alpha value is -1.14. The Kier molecular flexibility index (Phi) is 3.43. The first kappa shape index (κ1) is 10.9. The third kappa shape index (κ3) is 2.43. The summed E-state index contributed by atoms with van der Waals surface area (Å²) >= 11 is 0. The number of amides is 1. The zero-order valence-electron chi connectivity index (χ0n) is 7.51. The molecule has 2 unspecified atom stereocenters. The van der Waals surface area contributed by atoms with Crippen LogP contribution in [0, 0.1) is 11.8 Å². The molecule has 0 radical (unpaired) electrons. The normalized spacial score (nSPS) is 24.8. The van der Waals surface area contributed by atoms with E-state index >= 15 is 0 Å². The smallest absolute Gasteiger partial charge is 0.307 e. The van der Waals surface area contributed by atoms with Crippen molar-refractivity contribution < 1.29 is 24.9 Å². The lowest BCUT2D eigenvalue weighted by molar-refractivity contribution is -0.140. The molecule has 1 amide bonds. The summed E-state index contributed by atoms with van der Waals surface area (Å²) in [7, 11) is 0. The van der Waals surface area contributed by atoms with E-state index in [0.29, 0.717) is 6.42 Å². The van der Waals surface area contributed by atoms with Crippen LogP contribution in [0.4, 0.5) is 0 Å². The van der Waals surface area contributed by atoms with E-state index in [2.05, 4.69) is 5.32 Å². The van der Waals surface area contributed by atoms with Crippen LogP contribution in [-0.2, 0) is 9.59 Å². The predicted octanol–water partition coefficient (Wildman–Crippen LogP) is -1.82. The summed E-state index contributed by atoms with van der Waals surface area (Å²) in [5.74, 6) is -2.50. The molecule has 6 nitrogen and oxygen atoms in total. The van der Waals surface area contributed by atoms with Crippen molar-refractivity contribution in [3.63, 3.8) is 0 Å². The Morgan fingerprint density at radius 3 is 2.21 bits per heavy atom. The molecule has 1 fully saturated rings. The lowest BCUT2D eigenvalue weighted by Crippen LogP contribution is -2.41. The van der Waals surface area contributed by atoms with Crippen LogP contribution < -0.4 is 5.32 Å². The largest absolute Gasteiger partial charge is 0.481 e. The molecule has 0 aliphatic heterocycles. The summed E-state index contributed by atoms with van der Waals surface area (Å²) < 4.78 is 0. The summed E-state index contributed by atoms with van der Waals surface area (Å²) in [6.45, 7) is -0.709. The van der Waals surface area contributed by atoms with Gasteiger partial charge in [0, 0.05) is 0 Å². The van der Waals surface area contributed by atoms with E-state index in [-0.39, 0.29) is 13.2 Å². The number of carboxylic acids is 1. The summed E-state index contributed by atoms with van der Waals surface area (Å²) in [6, 6.07) is -0.697. The summed E-state index contributed by atoms with van der Waals surface area (Å²) in [4.78, 5) is 21.7. The summed E-state index contributed by atoms with van der Waals surface area (Å²) in [5.41, 5.74) is 0. The number of nitrogens with one attached hydrogen (secondary N) is 1. The van der Waals surface area contributed by atoms with Gasteiger partial charge in [-0.25, -0.2) is 0 Å². The average Bonchev–Trinajstić information content (AvgIpc) is 2.93. The van der Waals surface area contributed by atoms with Crippen LogP contribution in [0.1, 0.15) is 6.42 Å². The van der Waals surface area contributed by atoms with Gasteiger partial charge in [-0.1, -0.05) is 0 Å². The van der Waals surface area contributed by atoms with Crippen molar-refractivity contribution in [2.24, 2.45) is 11.8 Å². The monoisotopic (exact) mass is 203 g/mol. The number of carbonyl (C=O) groups is 2. The summed E-state index contributed by atoms with van der Waals surface area (Å²) in [5, 5.41) is 28.2. The molecule has 0 saturated heterocycles. The molecule has 80 valence electrons. The van der Waals surface area contributed by atoms with E-state index in [9.17, 15) is 9.59 Å². The fraction of sp³-hybridized carbons (Fsp3) is 0.750. The molecule has 14 heavy (non-hydrogen) atoms. The number of aliphatic hydroxyl groups is 2. The van der Waals surface area contributed by atoms with Gasteiger partial charge in [0.1, 0.15) is 0 Å². The van der Waals surface area contributed by atoms with Gasteiger partial charge < -0.3 is 20.6 Å². The standard InChI is InChI=1S/C8H13NO5/c10-2-4(3-11)9-7(12)5-1-6(5)8(13)14/h4-6,10-11H,1-3H2,(H,9,12)(H,13,14). The number of aliphatic hydroxyl groups excluding tert-OH is 2. The van der Waals surface area contributed by atoms with Crippen molar-refractivity contribution in [2.75, 3.05) is 13.2 Å².